The average molecular weight is 471 g/mol. The van der Waals surface area contributed by atoms with E-state index < -0.39 is 0 Å². The summed E-state index contributed by atoms with van der Waals surface area (Å²) in [5.74, 6) is 2.71. The van der Waals surface area contributed by atoms with Gasteiger partial charge in [0.2, 0.25) is 0 Å². The molecule has 9 nitrogen and oxygen atoms in total. The van der Waals surface area contributed by atoms with Crippen LogP contribution in [0.5, 0.6) is 5.75 Å². The summed E-state index contributed by atoms with van der Waals surface area (Å²) in [6, 6.07) is 10.6. The molecule has 1 aromatic carbocycles. The predicted molar refractivity (Wildman–Crippen MR) is 135 cm³/mol. The molecule has 2 aliphatic heterocycles. The topological polar surface area (TPSA) is 95.1 Å². The van der Waals surface area contributed by atoms with Gasteiger partial charge in [0, 0.05) is 49.1 Å². The first-order valence-electron chi connectivity index (χ1n) is 12.0. The molecule has 0 atom stereocenters. The Morgan fingerprint density at radius 2 is 2.06 bits per heavy atom. The number of hydrogen-bond donors (Lipinski definition) is 1. The molecule has 0 aliphatic carbocycles. The number of nitriles is 1. The third kappa shape index (κ3) is 4.64. The smallest absolute Gasteiger partial charge is 0.163 e. The summed E-state index contributed by atoms with van der Waals surface area (Å²) in [4.78, 5) is 7.24. The Kier molecular flexibility index (Phi) is 6.27. The van der Waals surface area contributed by atoms with Crippen LogP contribution in [0.25, 0.3) is 17.5 Å². The lowest BCUT2D eigenvalue weighted by atomic mass is 9.97. The molecule has 35 heavy (non-hydrogen) atoms. The number of piperidine rings is 1. The Morgan fingerprint density at radius 3 is 2.77 bits per heavy atom. The van der Waals surface area contributed by atoms with Crippen molar-refractivity contribution in [2.24, 2.45) is 13.0 Å². The maximum absolute atomic E-state index is 9.28. The van der Waals surface area contributed by atoms with Crippen LogP contribution in [-0.4, -0.2) is 44.5 Å². The van der Waals surface area contributed by atoms with Crippen LogP contribution in [0.3, 0.4) is 0 Å². The maximum Gasteiger partial charge on any atom is 0.163 e. The van der Waals surface area contributed by atoms with Crippen molar-refractivity contribution in [1.29, 1.82) is 5.26 Å². The Bertz CT molecular complexity index is 1280. The van der Waals surface area contributed by atoms with Crippen molar-refractivity contribution in [3.05, 3.63) is 53.6 Å². The molecule has 2 aromatic heterocycles. The Morgan fingerprint density at radius 1 is 1.23 bits per heavy atom. The zero-order chi connectivity index (χ0) is 24.4. The molecule has 5 rings (SSSR count). The third-order valence-corrected chi connectivity index (χ3v) is 6.52. The van der Waals surface area contributed by atoms with Crippen LogP contribution in [-0.2, 0) is 13.6 Å². The molecular formula is C26H30N8O. The summed E-state index contributed by atoms with van der Waals surface area (Å²) < 4.78 is 7.85. The van der Waals surface area contributed by atoms with E-state index in [0.717, 1.165) is 60.3 Å². The van der Waals surface area contributed by atoms with Crippen LogP contribution in [0.1, 0.15) is 36.6 Å². The molecule has 2 aliphatic rings. The van der Waals surface area contributed by atoms with Gasteiger partial charge in [-0.1, -0.05) is 0 Å². The largest absolute Gasteiger partial charge is 0.492 e. The van der Waals surface area contributed by atoms with Gasteiger partial charge < -0.3 is 14.2 Å². The van der Waals surface area contributed by atoms with E-state index in [1.807, 2.05) is 43.7 Å². The van der Waals surface area contributed by atoms with Crippen molar-refractivity contribution < 1.29 is 4.74 Å². The second-order valence-corrected chi connectivity index (χ2v) is 9.01. The lowest BCUT2D eigenvalue weighted by Crippen LogP contribution is -2.36. The minimum absolute atomic E-state index is 0.145. The lowest BCUT2D eigenvalue weighted by molar-refractivity contribution is 0.338. The fraction of sp³-hybridized carbons (Fsp3) is 0.385. The Labute approximate surface area is 205 Å². The molecule has 0 unspecified atom stereocenters. The molecule has 0 spiro atoms. The number of aryl methyl sites for hydroxylation is 2. The van der Waals surface area contributed by atoms with E-state index in [1.165, 1.54) is 11.1 Å². The molecule has 9 heteroatoms. The first kappa shape index (κ1) is 22.7. The van der Waals surface area contributed by atoms with Gasteiger partial charge in [-0.05, 0) is 62.6 Å². The number of ether oxygens (including phenoxy) is 1. The second kappa shape index (κ2) is 9.66. The monoisotopic (exact) mass is 470 g/mol. The lowest BCUT2D eigenvalue weighted by Gasteiger charge is -2.35. The number of nitrogens with zero attached hydrogens (tertiary/aromatic N) is 7. The molecule has 3 aromatic rings. The van der Waals surface area contributed by atoms with Crippen molar-refractivity contribution in [2.75, 3.05) is 30.0 Å². The van der Waals surface area contributed by atoms with Gasteiger partial charge >= 0.3 is 0 Å². The quantitative estimate of drug-likeness (QED) is 0.574. The van der Waals surface area contributed by atoms with Gasteiger partial charge in [-0.25, -0.2) is 4.98 Å². The number of pyridine rings is 1. The zero-order valence-corrected chi connectivity index (χ0v) is 20.4. The number of anilines is 2. The summed E-state index contributed by atoms with van der Waals surface area (Å²) in [6.07, 6.45) is 7.64. The van der Waals surface area contributed by atoms with E-state index in [1.54, 1.807) is 6.33 Å². The van der Waals surface area contributed by atoms with Gasteiger partial charge in [0.25, 0.3) is 0 Å². The number of aromatic nitrogens is 4. The highest BCUT2D eigenvalue weighted by Crippen LogP contribution is 2.34. The minimum atomic E-state index is 0.145. The van der Waals surface area contributed by atoms with Crippen LogP contribution in [0.15, 0.2) is 36.8 Å². The molecule has 1 fully saturated rings. The van der Waals surface area contributed by atoms with Gasteiger partial charge in [0.05, 0.1) is 24.9 Å². The van der Waals surface area contributed by atoms with Gasteiger partial charge in [-0.3, -0.25) is 10.4 Å². The summed E-state index contributed by atoms with van der Waals surface area (Å²) >= 11 is 0. The number of benzene rings is 1. The zero-order valence-electron chi connectivity index (χ0n) is 20.4. The van der Waals surface area contributed by atoms with Crippen molar-refractivity contribution in [1.82, 2.24) is 24.8 Å². The van der Waals surface area contributed by atoms with Crippen LogP contribution >= 0.6 is 0 Å². The first-order chi connectivity index (χ1) is 17.1. The number of rotatable bonds is 6. The normalized spacial score (nSPS) is 15.6. The summed E-state index contributed by atoms with van der Waals surface area (Å²) in [6.45, 7) is 6.96. The number of hydrogen-bond acceptors (Lipinski definition) is 8. The van der Waals surface area contributed by atoms with E-state index in [-0.39, 0.29) is 5.92 Å². The highest BCUT2D eigenvalue weighted by atomic mass is 16.5. The number of nitrogens with one attached hydrogen (secondary N) is 1. The van der Waals surface area contributed by atoms with Gasteiger partial charge in [0.15, 0.2) is 5.82 Å². The first-order valence-corrected chi connectivity index (χ1v) is 12.0. The molecule has 1 saturated heterocycles. The average Bonchev–Trinajstić information content (AvgIpc) is 3.31. The fourth-order valence-corrected chi connectivity index (χ4v) is 4.70. The molecule has 4 heterocycles. The van der Waals surface area contributed by atoms with Crippen molar-refractivity contribution in [2.45, 2.75) is 33.2 Å². The molecular weight excluding hydrogens is 440 g/mol. The van der Waals surface area contributed by atoms with Crippen molar-refractivity contribution in [3.63, 3.8) is 0 Å². The van der Waals surface area contributed by atoms with Gasteiger partial charge in [0.1, 0.15) is 17.9 Å². The molecule has 0 radical (unpaired) electrons. The standard InChI is InChI=1S/C26H30N8O/c1-4-35-24-14-21(25-30-28-17-32(25)3)5-6-23(24)31-34-12-9-20-13-18(2)29-26(22(20)16-34)33-10-7-19(15-27)8-11-33/h5-6,9,12-14,17,19,31H,4,7-8,10-11,16H2,1-3H3. The van der Waals surface area contributed by atoms with E-state index in [4.69, 9.17) is 9.72 Å². The minimum Gasteiger partial charge on any atom is -0.492 e. The van der Waals surface area contributed by atoms with E-state index in [9.17, 15) is 5.26 Å². The highest BCUT2D eigenvalue weighted by Gasteiger charge is 2.25. The third-order valence-electron chi connectivity index (χ3n) is 6.52. The number of hydrazine groups is 1. The second-order valence-electron chi connectivity index (χ2n) is 9.01. The molecule has 0 saturated carbocycles. The number of fused-ring (bicyclic) bond motifs is 1. The SMILES string of the molecule is CCOc1cc(-c2nncn2C)ccc1NN1C=Cc2cc(C)nc(N3CCC(C#N)CC3)c2C1. The predicted octanol–water partition coefficient (Wildman–Crippen LogP) is 4.14. The molecule has 0 bridgehead atoms. The molecule has 1 N–H and O–H groups in total. The van der Waals surface area contributed by atoms with Crippen LogP contribution in [0.2, 0.25) is 0 Å². The summed E-state index contributed by atoms with van der Waals surface area (Å²) in [7, 11) is 1.92. The van der Waals surface area contributed by atoms with E-state index >= 15 is 0 Å². The van der Waals surface area contributed by atoms with Crippen LogP contribution < -0.4 is 15.1 Å². The van der Waals surface area contributed by atoms with Crippen LogP contribution in [0.4, 0.5) is 11.5 Å². The molecule has 0 amide bonds. The highest BCUT2D eigenvalue weighted by molar-refractivity contribution is 5.68. The van der Waals surface area contributed by atoms with Crippen molar-refractivity contribution >= 4 is 17.6 Å². The van der Waals surface area contributed by atoms with E-state index in [2.05, 4.69) is 49.9 Å². The maximum atomic E-state index is 9.28. The van der Waals surface area contributed by atoms with Crippen LogP contribution in [0, 0.1) is 24.2 Å². The van der Waals surface area contributed by atoms with Crippen molar-refractivity contribution in [3.8, 4) is 23.2 Å². The molecule has 180 valence electrons. The Hall–Kier alpha value is -4.06. The summed E-state index contributed by atoms with van der Waals surface area (Å²) in [5.41, 5.74) is 8.72. The van der Waals surface area contributed by atoms with Gasteiger partial charge in [-0.2, -0.15) is 5.26 Å². The summed E-state index contributed by atoms with van der Waals surface area (Å²) in [5, 5.41) is 19.5. The fourth-order valence-electron chi connectivity index (χ4n) is 4.70. The van der Waals surface area contributed by atoms with Gasteiger partial charge in [-0.15, -0.1) is 10.2 Å². The Balaban J connectivity index is 1.39. The van der Waals surface area contributed by atoms with E-state index in [0.29, 0.717) is 13.2 Å².